The van der Waals surface area contributed by atoms with Crippen molar-refractivity contribution in [2.24, 2.45) is 0 Å². The molecule has 1 saturated heterocycles. The molecule has 1 fully saturated rings. The Bertz CT molecular complexity index is 1330. The number of morpholine rings is 1. The lowest BCUT2D eigenvalue weighted by molar-refractivity contribution is 0.0357. The summed E-state index contributed by atoms with van der Waals surface area (Å²) in [6, 6.07) is 11.1. The molecule has 0 unspecified atom stereocenters. The maximum Gasteiger partial charge on any atom is 0.196 e. The Morgan fingerprint density at radius 3 is 2.83 bits per heavy atom. The minimum absolute atomic E-state index is 0.525. The van der Waals surface area contributed by atoms with E-state index in [2.05, 4.69) is 9.88 Å². The Morgan fingerprint density at radius 1 is 1.20 bits per heavy atom. The van der Waals surface area contributed by atoms with Crippen molar-refractivity contribution in [2.45, 2.75) is 6.42 Å². The minimum Gasteiger partial charge on any atom is -0.493 e. The van der Waals surface area contributed by atoms with Crippen molar-refractivity contribution in [1.29, 1.82) is 0 Å². The number of aromatic nitrogens is 3. The fourth-order valence-corrected chi connectivity index (χ4v) is 5.16. The molecular formula is C25H25ClN4O4S. The second-order valence-corrected chi connectivity index (χ2v) is 9.55. The molecule has 0 bridgehead atoms. The first-order valence-electron chi connectivity index (χ1n) is 11.4. The van der Waals surface area contributed by atoms with Gasteiger partial charge in [-0.2, -0.15) is 0 Å². The summed E-state index contributed by atoms with van der Waals surface area (Å²) in [4.78, 5) is 24.0. The van der Waals surface area contributed by atoms with Crippen molar-refractivity contribution in [2.75, 3.05) is 46.6 Å². The van der Waals surface area contributed by atoms with Crippen LogP contribution in [0.25, 0.3) is 27.4 Å². The minimum atomic E-state index is 0.525. The van der Waals surface area contributed by atoms with Crippen LogP contribution in [0.3, 0.4) is 0 Å². The van der Waals surface area contributed by atoms with Crippen LogP contribution in [0.15, 0.2) is 42.7 Å². The van der Waals surface area contributed by atoms with Crippen molar-refractivity contribution in [3.63, 3.8) is 0 Å². The molecule has 0 radical (unpaired) electrons. The first-order valence-corrected chi connectivity index (χ1v) is 12.6. The first kappa shape index (κ1) is 23.7. The highest BCUT2D eigenvalue weighted by atomic mass is 35.5. The zero-order chi connectivity index (χ0) is 24.2. The highest BCUT2D eigenvalue weighted by Crippen LogP contribution is 2.35. The Labute approximate surface area is 212 Å². The van der Waals surface area contributed by atoms with Crippen LogP contribution < -0.4 is 9.47 Å². The summed E-state index contributed by atoms with van der Waals surface area (Å²) in [7, 11) is 1.62. The molecule has 0 amide bonds. The quantitative estimate of drug-likeness (QED) is 0.237. The number of rotatable bonds is 9. The fraction of sp³-hybridized carbons (Fsp3) is 0.320. The van der Waals surface area contributed by atoms with Gasteiger partial charge in [-0.15, -0.1) is 0 Å². The predicted molar refractivity (Wildman–Crippen MR) is 136 cm³/mol. The van der Waals surface area contributed by atoms with Crippen LogP contribution in [0, 0.1) is 0 Å². The highest BCUT2D eigenvalue weighted by molar-refractivity contribution is 7.16. The molecule has 35 heavy (non-hydrogen) atoms. The van der Waals surface area contributed by atoms with Gasteiger partial charge in [0.15, 0.2) is 22.9 Å². The van der Waals surface area contributed by atoms with Gasteiger partial charge in [0, 0.05) is 42.4 Å². The van der Waals surface area contributed by atoms with Gasteiger partial charge in [-0.1, -0.05) is 35.1 Å². The zero-order valence-corrected chi connectivity index (χ0v) is 20.8. The number of methoxy groups -OCH3 is 1. The van der Waals surface area contributed by atoms with Crippen LogP contribution in [0.2, 0.25) is 5.02 Å². The Hall–Kier alpha value is -2.98. The van der Waals surface area contributed by atoms with E-state index in [1.165, 1.54) is 11.3 Å². The molecule has 1 aliphatic rings. The smallest absolute Gasteiger partial charge is 0.196 e. The van der Waals surface area contributed by atoms with E-state index in [4.69, 9.17) is 30.8 Å². The molecule has 1 aliphatic heterocycles. The van der Waals surface area contributed by atoms with Crippen LogP contribution in [0.5, 0.6) is 11.5 Å². The molecule has 0 N–H and O–H groups in total. The lowest BCUT2D eigenvalue weighted by atomic mass is 10.1. The number of carbonyl (C=O) groups is 1. The van der Waals surface area contributed by atoms with Crippen molar-refractivity contribution in [1.82, 2.24) is 19.4 Å². The van der Waals surface area contributed by atoms with Gasteiger partial charge in [0.25, 0.3) is 0 Å². The number of aldehydes is 1. The normalized spacial score (nSPS) is 14.3. The lowest BCUT2D eigenvalue weighted by Crippen LogP contribution is -2.37. The summed E-state index contributed by atoms with van der Waals surface area (Å²) in [6.45, 7) is 5.03. The van der Waals surface area contributed by atoms with Crippen molar-refractivity contribution >= 4 is 40.3 Å². The Balaban J connectivity index is 1.41. The molecule has 2 aromatic heterocycles. The molecule has 182 valence electrons. The summed E-state index contributed by atoms with van der Waals surface area (Å²) in [5.41, 5.74) is 2.95. The summed E-state index contributed by atoms with van der Waals surface area (Å²) in [6.07, 6.45) is 3.42. The molecule has 5 rings (SSSR count). The molecule has 0 atom stereocenters. The lowest BCUT2D eigenvalue weighted by Gasteiger charge is -2.26. The number of benzene rings is 2. The van der Waals surface area contributed by atoms with Crippen LogP contribution in [-0.4, -0.2) is 72.3 Å². The average molecular weight is 513 g/mol. The monoisotopic (exact) mass is 512 g/mol. The maximum absolute atomic E-state index is 11.8. The van der Waals surface area contributed by atoms with Gasteiger partial charge < -0.3 is 14.2 Å². The van der Waals surface area contributed by atoms with Crippen LogP contribution in [0.1, 0.15) is 16.1 Å². The summed E-state index contributed by atoms with van der Waals surface area (Å²) >= 11 is 7.45. The number of halogens is 1. The second-order valence-electron chi connectivity index (χ2n) is 8.10. The van der Waals surface area contributed by atoms with Gasteiger partial charge in [0.05, 0.1) is 48.5 Å². The Morgan fingerprint density at radius 2 is 2.06 bits per heavy atom. The van der Waals surface area contributed by atoms with E-state index in [0.29, 0.717) is 38.8 Å². The van der Waals surface area contributed by atoms with E-state index in [1.807, 2.05) is 28.8 Å². The highest BCUT2D eigenvalue weighted by Gasteiger charge is 2.18. The molecule has 10 heteroatoms. The van der Waals surface area contributed by atoms with Gasteiger partial charge >= 0.3 is 0 Å². The average Bonchev–Trinajstić information content (AvgIpc) is 3.50. The number of thiazole rings is 1. The van der Waals surface area contributed by atoms with Crippen LogP contribution in [-0.2, 0) is 4.74 Å². The van der Waals surface area contributed by atoms with Crippen molar-refractivity contribution in [3.05, 3.63) is 52.6 Å². The second kappa shape index (κ2) is 10.7. The van der Waals surface area contributed by atoms with Crippen LogP contribution in [0.4, 0.5) is 0 Å². The molecular weight excluding hydrogens is 488 g/mol. The molecule has 0 saturated carbocycles. The number of fused-ring (bicyclic) bond motifs is 1. The van der Waals surface area contributed by atoms with Gasteiger partial charge in [-0.05, 0) is 18.6 Å². The van der Waals surface area contributed by atoms with Gasteiger partial charge in [0.1, 0.15) is 6.33 Å². The summed E-state index contributed by atoms with van der Waals surface area (Å²) in [5, 5.41) is 1.22. The molecule has 0 spiro atoms. The third kappa shape index (κ3) is 5.18. The molecule has 2 aromatic carbocycles. The van der Waals surface area contributed by atoms with E-state index < -0.39 is 0 Å². The van der Waals surface area contributed by atoms with Crippen LogP contribution >= 0.6 is 22.9 Å². The predicted octanol–water partition coefficient (Wildman–Crippen LogP) is 4.72. The number of ether oxygens (including phenoxy) is 3. The van der Waals surface area contributed by atoms with Gasteiger partial charge in [-0.25, -0.2) is 9.97 Å². The SMILES string of the molecule is COc1cc2ncn(-c3nc(-c4cccc(Cl)c4)c(C=O)s3)c2cc1OCCCN1CCOCC1. The maximum atomic E-state index is 11.8. The van der Waals surface area contributed by atoms with E-state index >= 15 is 0 Å². The first-order chi connectivity index (χ1) is 17.2. The number of hydrogen-bond acceptors (Lipinski definition) is 8. The third-order valence-corrected chi connectivity index (χ3v) is 7.08. The van der Waals surface area contributed by atoms with Gasteiger partial charge in [-0.3, -0.25) is 14.3 Å². The Kier molecular flexibility index (Phi) is 7.29. The standard InChI is InChI=1S/C25H25ClN4O4S/c1-32-21-13-19-20(14-22(21)34-9-3-6-29-7-10-33-11-8-29)30(16-27-19)25-28-24(23(15-31)35-25)17-4-2-5-18(26)12-17/h2,4-5,12-16H,3,6-11H2,1H3. The number of imidazole rings is 1. The summed E-state index contributed by atoms with van der Waals surface area (Å²) in [5.74, 6) is 1.27. The molecule has 4 aromatic rings. The topological polar surface area (TPSA) is 78.7 Å². The van der Waals surface area contributed by atoms with E-state index in [1.54, 1.807) is 25.6 Å². The molecule has 8 nitrogen and oxygen atoms in total. The van der Waals surface area contributed by atoms with E-state index in [-0.39, 0.29) is 0 Å². The zero-order valence-electron chi connectivity index (χ0n) is 19.3. The van der Waals surface area contributed by atoms with Crippen molar-refractivity contribution in [3.8, 4) is 27.9 Å². The molecule has 3 heterocycles. The fourth-order valence-electron chi connectivity index (χ4n) is 4.08. The van der Waals surface area contributed by atoms with Crippen molar-refractivity contribution < 1.29 is 19.0 Å². The number of carbonyl (C=O) groups excluding carboxylic acids is 1. The number of hydrogen-bond donors (Lipinski definition) is 0. The van der Waals surface area contributed by atoms with E-state index in [0.717, 1.165) is 62.2 Å². The third-order valence-electron chi connectivity index (χ3n) is 5.87. The summed E-state index contributed by atoms with van der Waals surface area (Å²) < 4.78 is 18.9. The van der Waals surface area contributed by atoms with E-state index in [9.17, 15) is 4.79 Å². The van der Waals surface area contributed by atoms with Gasteiger partial charge in [0.2, 0.25) is 0 Å². The number of nitrogens with zero attached hydrogens (tertiary/aromatic N) is 4. The molecule has 0 aliphatic carbocycles. The largest absolute Gasteiger partial charge is 0.493 e.